The summed E-state index contributed by atoms with van der Waals surface area (Å²) in [5.41, 5.74) is -0.450. The zero-order valence-electron chi connectivity index (χ0n) is 14.7. The Balaban J connectivity index is 4.85. The summed E-state index contributed by atoms with van der Waals surface area (Å²) in [4.78, 5) is 36.4. The monoisotopic (exact) mass is 297 g/mol. The molecule has 0 fully saturated rings. The maximum Gasteiger partial charge on any atom is 0.223 e. The molecule has 21 heavy (non-hydrogen) atoms. The number of carbonyl (C=O) groups excluding carboxylic acids is 3. The van der Waals surface area contributed by atoms with E-state index < -0.39 is 11.5 Å². The lowest BCUT2D eigenvalue weighted by molar-refractivity contribution is -0.135. The second-order valence-electron chi connectivity index (χ2n) is 7.57. The van der Waals surface area contributed by atoms with Crippen LogP contribution in [0.25, 0.3) is 0 Å². The summed E-state index contributed by atoms with van der Waals surface area (Å²) in [5.74, 6) is -0.589. The van der Waals surface area contributed by atoms with Crippen molar-refractivity contribution in [3.8, 4) is 0 Å². The van der Waals surface area contributed by atoms with Crippen LogP contribution in [0.5, 0.6) is 0 Å². The Labute approximate surface area is 129 Å². The van der Waals surface area contributed by atoms with E-state index in [1.54, 1.807) is 20.8 Å². The molecule has 0 aliphatic carbocycles. The SMILES string of the molecule is CC(C)C(=O)N[C@H](C(=O)C[C@@H](C)C(=O)C(C)(C)C)C(C)C. The smallest absolute Gasteiger partial charge is 0.223 e. The Bertz CT molecular complexity index is 391. The Morgan fingerprint density at radius 1 is 0.952 bits per heavy atom. The van der Waals surface area contributed by atoms with Crippen molar-refractivity contribution in [1.29, 1.82) is 0 Å². The van der Waals surface area contributed by atoms with Crippen LogP contribution in [0.15, 0.2) is 0 Å². The molecule has 0 heterocycles. The largest absolute Gasteiger partial charge is 0.346 e. The summed E-state index contributed by atoms with van der Waals surface area (Å²) in [5, 5.41) is 2.80. The van der Waals surface area contributed by atoms with Crippen LogP contribution in [-0.2, 0) is 14.4 Å². The van der Waals surface area contributed by atoms with Crippen molar-refractivity contribution < 1.29 is 14.4 Å². The number of ketones is 2. The van der Waals surface area contributed by atoms with Gasteiger partial charge in [-0.3, -0.25) is 14.4 Å². The van der Waals surface area contributed by atoms with Crippen molar-refractivity contribution in [2.75, 3.05) is 0 Å². The fourth-order valence-electron chi connectivity index (χ4n) is 2.20. The van der Waals surface area contributed by atoms with Gasteiger partial charge >= 0.3 is 0 Å². The topological polar surface area (TPSA) is 63.2 Å². The maximum atomic E-state index is 12.4. The van der Waals surface area contributed by atoms with E-state index in [9.17, 15) is 14.4 Å². The molecule has 0 bridgehead atoms. The van der Waals surface area contributed by atoms with Crippen molar-refractivity contribution >= 4 is 17.5 Å². The summed E-state index contributed by atoms with van der Waals surface area (Å²) in [6.07, 6.45) is 0.178. The molecule has 0 radical (unpaired) electrons. The summed E-state index contributed by atoms with van der Waals surface area (Å²) in [7, 11) is 0. The number of rotatable bonds is 7. The minimum atomic E-state index is -0.518. The maximum absolute atomic E-state index is 12.4. The molecular formula is C17H31NO3. The quantitative estimate of drug-likeness (QED) is 0.785. The Kier molecular flexibility index (Phi) is 7.28. The van der Waals surface area contributed by atoms with Gasteiger partial charge in [-0.15, -0.1) is 0 Å². The van der Waals surface area contributed by atoms with E-state index in [0.717, 1.165) is 0 Å². The number of hydrogen-bond acceptors (Lipinski definition) is 3. The van der Waals surface area contributed by atoms with Crippen molar-refractivity contribution in [1.82, 2.24) is 5.32 Å². The van der Waals surface area contributed by atoms with Gasteiger partial charge in [0.2, 0.25) is 5.91 Å². The minimum absolute atomic E-state index is 0.0112. The molecule has 4 heteroatoms. The van der Waals surface area contributed by atoms with Gasteiger partial charge in [0.15, 0.2) is 5.78 Å². The molecule has 0 spiro atoms. The predicted molar refractivity (Wildman–Crippen MR) is 84.9 cm³/mol. The van der Waals surface area contributed by atoms with E-state index in [1.807, 2.05) is 34.6 Å². The van der Waals surface area contributed by atoms with Crippen LogP contribution < -0.4 is 5.32 Å². The van der Waals surface area contributed by atoms with E-state index in [2.05, 4.69) is 5.32 Å². The highest BCUT2D eigenvalue weighted by Crippen LogP contribution is 2.23. The first-order valence-corrected chi connectivity index (χ1v) is 7.75. The van der Waals surface area contributed by atoms with Gasteiger partial charge < -0.3 is 5.32 Å². The third-order valence-corrected chi connectivity index (χ3v) is 3.53. The lowest BCUT2D eigenvalue weighted by atomic mass is 9.80. The molecule has 1 N–H and O–H groups in total. The number of amides is 1. The van der Waals surface area contributed by atoms with E-state index in [0.29, 0.717) is 0 Å². The Morgan fingerprint density at radius 3 is 1.76 bits per heavy atom. The lowest BCUT2D eigenvalue weighted by Crippen LogP contribution is -2.46. The zero-order valence-corrected chi connectivity index (χ0v) is 14.7. The van der Waals surface area contributed by atoms with Crippen LogP contribution in [-0.4, -0.2) is 23.5 Å². The first-order chi connectivity index (χ1) is 9.37. The van der Waals surface area contributed by atoms with E-state index >= 15 is 0 Å². The molecule has 0 aliphatic heterocycles. The van der Waals surface area contributed by atoms with Gasteiger partial charge in [0.05, 0.1) is 6.04 Å². The number of carbonyl (C=O) groups is 3. The van der Waals surface area contributed by atoms with Crippen molar-refractivity contribution in [3.05, 3.63) is 0 Å². The van der Waals surface area contributed by atoms with Gasteiger partial charge in [-0.05, 0) is 5.92 Å². The predicted octanol–water partition coefficient (Wildman–Crippen LogP) is 2.99. The van der Waals surface area contributed by atoms with Gasteiger partial charge in [-0.25, -0.2) is 0 Å². The van der Waals surface area contributed by atoms with Crippen LogP contribution >= 0.6 is 0 Å². The molecule has 0 unspecified atom stereocenters. The highest BCUT2D eigenvalue weighted by molar-refractivity contribution is 5.94. The minimum Gasteiger partial charge on any atom is -0.346 e. The standard InChI is InChI=1S/C17H31NO3/c1-10(2)14(18-16(21)11(3)4)13(19)9-12(5)15(20)17(6,7)8/h10-12,14H,9H2,1-8H3,(H,18,21)/t12-,14+/m1/s1. The van der Waals surface area contributed by atoms with Crippen LogP contribution in [0.2, 0.25) is 0 Å². The summed E-state index contributed by atoms with van der Waals surface area (Å²) in [6, 6.07) is -0.518. The molecular weight excluding hydrogens is 266 g/mol. The normalized spacial score (nSPS) is 15.0. The zero-order chi connectivity index (χ0) is 17.0. The second-order valence-corrected chi connectivity index (χ2v) is 7.57. The van der Waals surface area contributed by atoms with Gasteiger partial charge in [-0.1, -0.05) is 55.4 Å². The number of Topliss-reactive ketones (excluding diaryl/α,β-unsaturated/α-hetero) is 2. The first-order valence-electron chi connectivity index (χ1n) is 7.75. The van der Waals surface area contributed by atoms with Gasteiger partial charge in [-0.2, -0.15) is 0 Å². The third-order valence-electron chi connectivity index (χ3n) is 3.53. The molecule has 2 atom stereocenters. The molecule has 0 rings (SSSR count). The van der Waals surface area contributed by atoms with Crippen LogP contribution in [0.3, 0.4) is 0 Å². The van der Waals surface area contributed by atoms with E-state index in [4.69, 9.17) is 0 Å². The average molecular weight is 297 g/mol. The molecule has 4 nitrogen and oxygen atoms in total. The number of hydrogen-bond donors (Lipinski definition) is 1. The molecule has 0 aromatic heterocycles. The van der Waals surface area contributed by atoms with Crippen molar-refractivity contribution in [2.45, 2.75) is 67.9 Å². The van der Waals surface area contributed by atoms with Gasteiger partial charge in [0.1, 0.15) is 5.78 Å². The lowest BCUT2D eigenvalue weighted by Gasteiger charge is -2.25. The van der Waals surface area contributed by atoms with Crippen LogP contribution in [0.4, 0.5) is 0 Å². The third kappa shape index (κ3) is 6.40. The summed E-state index contributed by atoms with van der Waals surface area (Å²) < 4.78 is 0. The highest BCUT2D eigenvalue weighted by atomic mass is 16.2. The molecule has 1 amide bonds. The molecule has 0 aliphatic rings. The molecule has 0 aromatic rings. The first kappa shape index (κ1) is 19.8. The van der Waals surface area contributed by atoms with Gasteiger partial charge in [0.25, 0.3) is 0 Å². The summed E-state index contributed by atoms with van der Waals surface area (Å²) in [6.45, 7) is 14.8. The average Bonchev–Trinajstić information content (AvgIpc) is 2.32. The second kappa shape index (κ2) is 7.71. The molecule has 122 valence electrons. The van der Waals surface area contributed by atoms with E-state index in [1.165, 1.54) is 0 Å². The summed E-state index contributed by atoms with van der Waals surface area (Å²) >= 11 is 0. The fourth-order valence-corrected chi connectivity index (χ4v) is 2.20. The molecule has 0 aromatic carbocycles. The highest BCUT2D eigenvalue weighted by Gasteiger charge is 2.31. The van der Waals surface area contributed by atoms with Crippen molar-refractivity contribution in [3.63, 3.8) is 0 Å². The van der Waals surface area contributed by atoms with Crippen molar-refractivity contribution in [2.24, 2.45) is 23.2 Å². The fraction of sp³-hybridized carbons (Fsp3) is 0.824. The van der Waals surface area contributed by atoms with Crippen LogP contribution in [0, 0.1) is 23.2 Å². The number of nitrogens with one attached hydrogen (secondary N) is 1. The Morgan fingerprint density at radius 2 is 1.43 bits per heavy atom. The molecule has 0 saturated heterocycles. The molecule has 0 saturated carbocycles. The van der Waals surface area contributed by atoms with Gasteiger partial charge in [0, 0.05) is 23.7 Å². The van der Waals surface area contributed by atoms with Crippen LogP contribution in [0.1, 0.15) is 61.8 Å². The Hall–Kier alpha value is -1.19. The van der Waals surface area contributed by atoms with E-state index in [-0.39, 0.29) is 41.6 Å².